The fraction of sp³-hybridized carbons (Fsp3) is 0.200. The summed E-state index contributed by atoms with van der Waals surface area (Å²) in [5, 5.41) is 2.34. The zero-order valence-electron chi connectivity index (χ0n) is 14.5. The van der Waals surface area contributed by atoms with Crippen molar-refractivity contribution in [1.29, 1.82) is 0 Å². The van der Waals surface area contributed by atoms with Gasteiger partial charge in [0, 0.05) is 10.1 Å². The number of nitrogens with zero attached hydrogens (tertiary/aromatic N) is 1. The van der Waals surface area contributed by atoms with Crippen LogP contribution in [-0.2, 0) is 20.7 Å². The summed E-state index contributed by atoms with van der Waals surface area (Å²) >= 11 is 0. The number of benzene rings is 3. The monoisotopic (exact) mass is 371 g/mol. The Morgan fingerprint density at radius 3 is 2.16 bits per heavy atom. The van der Waals surface area contributed by atoms with Gasteiger partial charge in [0.15, 0.2) is 0 Å². The van der Waals surface area contributed by atoms with E-state index >= 15 is 0 Å². The van der Waals surface area contributed by atoms with E-state index in [0.29, 0.717) is 0 Å². The van der Waals surface area contributed by atoms with Gasteiger partial charge in [-0.3, -0.25) is 0 Å². The fourth-order valence-corrected chi connectivity index (χ4v) is 6.26. The van der Waals surface area contributed by atoms with E-state index in [9.17, 15) is 8.42 Å². The molecule has 3 aromatic rings. The maximum absolute atomic E-state index is 12.7. The highest BCUT2D eigenvalue weighted by Crippen LogP contribution is 2.24. The van der Waals surface area contributed by atoms with Gasteiger partial charge in [-0.2, -0.15) is 8.42 Å². The van der Waals surface area contributed by atoms with Crippen LogP contribution >= 0.6 is 0 Å². The van der Waals surface area contributed by atoms with Gasteiger partial charge in [0.1, 0.15) is 0 Å². The van der Waals surface area contributed by atoms with Crippen LogP contribution in [0, 0.1) is 6.92 Å². The average Bonchev–Trinajstić information content (AvgIpc) is 2.59. The highest BCUT2D eigenvalue weighted by Gasteiger charge is 2.17. The Morgan fingerprint density at radius 2 is 1.52 bits per heavy atom. The minimum atomic E-state index is -3.69. The van der Waals surface area contributed by atoms with Crippen LogP contribution in [0.25, 0.3) is 10.8 Å². The number of fused-ring (bicyclic) bond motifs is 1. The standard InChI is InChI=1S/C20H21NO2S2/c1-15(2)24(19-11-10-17-6-4-5-7-18(17)14-19)21-25(22,23)20-12-8-16(3)9-13-20/h4-15H,1-3H3/t24-/m0/s1. The van der Waals surface area contributed by atoms with E-state index in [0.717, 1.165) is 21.2 Å². The topological polar surface area (TPSA) is 46.5 Å². The maximum Gasteiger partial charge on any atom is 0.288 e. The SMILES string of the molecule is Cc1ccc(S(=O)(=O)/N=[S@](/c2ccc3ccccc3c2)C(C)C)cc1. The second-order valence-corrected chi connectivity index (χ2v) is 10.3. The molecule has 0 aliphatic heterocycles. The largest absolute Gasteiger partial charge is 0.288 e. The lowest BCUT2D eigenvalue weighted by atomic mass is 10.1. The molecule has 0 aliphatic carbocycles. The summed E-state index contributed by atoms with van der Waals surface area (Å²) in [5.74, 6) is 0. The summed E-state index contributed by atoms with van der Waals surface area (Å²) in [6.45, 7) is 5.94. The van der Waals surface area contributed by atoms with Crippen LogP contribution in [0.3, 0.4) is 0 Å². The van der Waals surface area contributed by atoms with Crippen molar-refractivity contribution in [3.8, 4) is 0 Å². The molecule has 0 unspecified atom stereocenters. The fourth-order valence-electron chi connectivity index (χ4n) is 2.56. The van der Waals surface area contributed by atoms with Crippen LogP contribution in [0.5, 0.6) is 0 Å². The van der Waals surface area contributed by atoms with E-state index in [1.165, 1.54) is 0 Å². The third-order valence-electron chi connectivity index (χ3n) is 3.91. The first kappa shape index (κ1) is 17.8. The molecular weight excluding hydrogens is 350 g/mol. The second kappa shape index (κ2) is 7.10. The summed E-state index contributed by atoms with van der Waals surface area (Å²) in [5.41, 5.74) is 1.02. The Morgan fingerprint density at radius 1 is 0.880 bits per heavy atom. The van der Waals surface area contributed by atoms with Gasteiger partial charge in [0.2, 0.25) is 0 Å². The zero-order valence-corrected chi connectivity index (χ0v) is 16.1. The second-order valence-electron chi connectivity index (χ2n) is 6.23. The van der Waals surface area contributed by atoms with E-state index < -0.39 is 20.7 Å². The normalized spacial score (nSPS) is 13.4. The Balaban J connectivity index is 2.10. The van der Waals surface area contributed by atoms with Crippen molar-refractivity contribution in [2.45, 2.75) is 35.8 Å². The van der Waals surface area contributed by atoms with E-state index in [1.807, 2.05) is 63.2 Å². The lowest BCUT2D eigenvalue weighted by Crippen LogP contribution is -2.09. The zero-order chi connectivity index (χ0) is 18.0. The third-order valence-corrected chi connectivity index (χ3v) is 7.83. The molecule has 1 atom stereocenters. The summed E-state index contributed by atoms with van der Waals surface area (Å²) in [4.78, 5) is 1.20. The minimum absolute atomic E-state index is 0.0985. The van der Waals surface area contributed by atoms with Crippen LogP contribution in [0.1, 0.15) is 19.4 Å². The van der Waals surface area contributed by atoms with Crippen molar-refractivity contribution >= 4 is 31.5 Å². The summed E-state index contributed by atoms with van der Waals surface area (Å²) in [7, 11) is -4.42. The number of rotatable bonds is 4. The summed E-state index contributed by atoms with van der Waals surface area (Å²) < 4.78 is 29.8. The van der Waals surface area contributed by atoms with Crippen molar-refractivity contribution < 1.29 is 8.42 Å². The molecule has 0 amide bonds. The van der Waals surface area contributed by atoms with Crippen molar-refractivity contribution in [3.05, 3.63) is 72.3 Å². The molecule has 25 heavy (non-hydrogen) atoms. The maximum atomic E-state index is 12.7. The van der Waals surface area contributed by atoms with Gasteiger partial charge in [-0.1, -0.05) is 61.9 Å². The van der Waals surface area contributed by atoms with Crippen LogP contribution in [0.15, 0.2) is 80.3 Å². The van der Waals surface area contributed by atoms with Gasteiger partial charge in [-0.15, -0.1) is 3.77 Å². The number of sulfonamides is 1. The molecule has 3 nitrogen and oxygen atoms in total. The molecule has 0 saturated heterocycles. The van der Waals surface area contributed by atoms with Gasteiger partial charge in [0.05, 0.1) is 4.90 Å². The van der Waals surface area contributed by atoms with E-state index in [-0.39, 0.29) is 10.1 Å². The lowest BCUT2D eigenvalue weighted by molar-refractivity contribution is 0.598. The Labute approximate surface area is 151 Å². The molecule has 0 radical (unpaired) electrons. The molecule has 130 valence electrons. The first-order valence-corrected chi connectivity index (χ1v) is 10.8. The predicted molar refractivity (Wildman–Crippen MR) is 106 cm³/mol. The van der Waals surface area contributed by atoms with Crippen LogP contribution in [0.4, 0.5) is 0 Å². The molecule has 3 aromatic carbocycles. The van der Waals surface area contributed by atoms with E-state index in [4.69, 9.17) is 0 Å². The Hall–Kier alpha value is -1.98. The van der Waals surface area contributed by atoms with Gasteiger partial charge in [-0.25, -0.2) is 0 Å². The molecule has 0 aromatic heterocycles. The van der Waals surface area contributed by atoms with Crippen molar-refractivity contribution in [2.75, 3.05) is 0 Å². The smallest absolute Gasteiger partial charge is 0.199 e. The van der Waals surface area contributed by atoms with Gasteiger partial charge >= 0.3 is 0 Å². The van der Waals surface area contributed by atoms with Crippen LogP contribution in [-0.4, -0.2) is 13.7 Å². The van der Waals surface area contributed by atoms with E-state index in [1.54, 1.807) is 24.3 Å². The van der Waals surface area contributed by atoms with Crippen molar-refractivity contribution in [1.82, 2.24) is 0 Å². The number of hydrogen-bond acceptors (Lipinski definition) is 2. The summed E-state index contributed by atoms with van der Waals surface area (Å²) in [6, 6.07) is 21.0. The lowest BCUT2D eigenvalue weighted by Gasteiger charge is -2.13. The van der Waals surface area contributed by atoms with Gasteiger partial charge in [0.25, 0.3) is 10.0 Å². The van der Waals surface area contributed by atoms with Crippen molar-refractivity contribution in [3.63, 3.8) is 0 Å². The molecule has 0 heterocycles. The number of aryl methyl sites for hydroxylation is 1. The molecule has 0 spiro atoms. The number of hydrogen-bond donors (Lipinski definition) is 0. The molecule has 0 aliphatic rings. The van der Waals surface area contributed by atoms with Crippen molar-refractivity contribution in [2.24, 2.45) is 3.77 Å². The predicted octanol–water partition coefficient (Wildman–Crippen LogP) is 5.11. The first-order chi connectivity index (χ1) is 11.9. The molecule has 0 saturated carbocycles. The minimum Gasteiger partial charge on any atom is -0.199 e. The molecule has 0 bridgehead atoms. The molecule has 5 heteroatoms. The van der Waals surface area contributed by atoms with Gasteiger partial charge < -0.3 is 0 Å². The highest BCUT2D eigenvalue weighted by molar-refractivity contribution is 8.00. The molecule has 0 N–H and O–H groups in total. The Bertz CT molecular complexity index is 1040. The quantitative estimate of drug-likeness (QED) is 0.640. The third kappa shape index (κ3) is 3.99. The molecule has 3 rings (SSSR count). The Kier molecular flexibility index (Phi) is 5.06. The summed E-state index contributed by atoms with van der Waals surface area (Å²) in [6.07, 6.45) is 0. The van der Waals surface area contributed by atoms with Gasteiger partial charge in [-0.05, 0) is 52.7 Å². The molecular formula is C20H21NO2S2. The first-order valence-electron chi connectivity index (χ1n) is 8.13. The molecule has 0 fully saturated rings. The van der Waals surface area contributed by atoms with Crippen LogP contribution in [0.2, 0.25) is 0 Å². The average molecular weight is 372 g/mol. The highest BCUT2D eigenvalue weighted by atomic mass is 32.3. The van der Waals surface area contributed by atoms with E-state index in [2.05, 4.69) is 3.77 Å². The van der Waals surface area contributed by atoms with Crippen LogP contribution < -0.4 is 0 Å².